The van der Waals surface area contributed by atoms with E-state index in [1.807, 2.05) is 36.0 Å². The highest BCUT2D eigenvalue weighted by Crippen LogP contribution is 2.35. The highest BCUT2D eigenvalue weighted by molar-refractivity contribution is 5.72. The van der Waals surface area contributed by atoms with Crippen LogP contribution in [0.3, 0.4) is 0 Å². The van der Waals surface area contributed by atoms with Crippen molar-refractivity contribution < 1.29 is 4.42 Å². The number of para-hydroxylation sites is 2. The van der Waals surface area contributed by atoms with Crippen LogP contribution in [-0.4, -0.2) is 32.8 Å². The van der Waals surface area contributed by atoms with Crippen LogP contribution in [0.4, 0.5) is 0 Å². The number of oxazole rings is 1. The molecule has 0 saturated carbocycles. The summed E-state index contributed by atoms with van der Waals surface area (Å²) in [6, 6.07) is 8.49. The summed E-state index contributed by atoms with van der Waals surface area (Å²) in [5.74, 6) is 0.852. The van der Waals surface area contributed by atoms with Crippen molar-refractivity contribution >= 4 is 11.1 Å². The molecule has 0 aliphatic carbocycles. The normalized spacial score (nSPS) is 18.4. The molecular formula is C20H26N4O. The first-order valence-corrected chi connectivity index (χ1v) is 9.22. The van der Waals surface area contributed by atoms with E-state index in [0.717, 1.165) is 36.4 Å². The van der Waals surface area contributed by atoms with Crippen LogP contribution in [0.1, 0.15) is 48.1 Å². The van der Waals surface area contributed by atoms with Gasteiger partial charge in [0.2, 0.25) is 0 Å². The van der Waals surface area contributed by atoms with E-state index < -0.39 is 0 Å². The largest absolute Gasteiger partial charge is 0.441 e. The number of fused-ring (bicyclic) bond motifs is 1. The summed E-state index contributed by atoms with van der Waals surface area (Å²) >= 11 is 0. The zero-order valence-electron chi connectivity index (χ0n) is 15.3. The average molecular weight is 338 g/mol. The van der Waals surface area contributed by atoms with Crippen LogP contribution in [0.25, 0.3) is 11.1 Å². The smallest absolute Gasteiger partial charge is 0.195 e. The third kappa shape index (κ3) is 3.09. The minimum Gasteiger partial charge on any atom is -0.441 e. The molecule has 0 N–H and O–H groups in total. The molecular weight excluding hydrogens is 312 g/mol. The van der Waals surface area contributed by atoms with E-state index >= 15 is 0 Å². The van der Waals surface area contributed by atoms with E-state index in [0.29, 0.717) is 6.04 Å². The average Bonchev–Trinajstić information content (AvgIpc) is 3.26. The highest BCUT2D eigenvalue weighted by atomic mass is 16.3. The SMILES string of the molecule is Cc1nn(C)c(C)c1[C@@H]1CCCN1CCCc1nc2ccccc2o1. The summed E-state index contributed by atoms with van der Waals surface area (Å²) in [5.41, 5.74) is 5.75. The summed E-state index contributed by atoms with van der Waals surface area (Å²) < 4.78 is 7.86. The van der Waals surface area contributed by atoms with E-state index in [1.54, 1.807) is 0 Å². The van der Waals surface area contributed by atoms with Crippen LogP contribution >= 0.6 is 0 Å². The lowest BCUT2D eigenvalue weighted by molar-refractivity contribution is 0.250. The van der Waals surface area contributed by atoms with Gasteiger partial charge in [-0.1, -0.05) is 12.1 Å². The molecule has 0 bridgehead atoms. The van der Waals surface area contributed by atoms with Crippen molar-refractivity contribution in [2.24, 2.45) is 7.05 Å². The zero-order valence-corrected chi connectivity index (χ0v) is 15.3. The molecule has 1 atom stereocenters. The van der Waals surface area contributed by atoms with Gasteiger partial charge in [0.1, 0.15) is 5.52 Å². The van der Waals surface area contributed by atoms with Crippen LogP contribution in [0.15, 0.2) is 28.7 Å². The summed E-state index contributed by atoms with van der Waals surface area (Å²) in [5, 5.41) is 4.61. The van der Waals surface area contributed by atoms with Gasteiger partial charge in [-0.05, 0) is 58.3 Å². The van der Waals surface area contributed by atoms with E-state index in [9.17, 15) is 0 Å². The second kappa shape index (κ2) is 6.64. The molecule has 0 amide bonds. The molecule has 5 heteroatoms. The minimum atomic E-state index is 0.511. The molecule has 5 nitrogen and oxygen atoms in total. The maximum atomic E-state index is 5.84. The Hall–Kier alpha value is -2.14. The highest BCUT2D eigenvalue weighted by Gasteiger charge is 2.29. The first kappa shape index (κ1) is 16.3. The predicted molar refractivity (Wildman–Crippen MR) is 98.6 cm³/mol. The van der Waals surface area contributed by atoms with E-state index in [4.69, 9.17) is 4.42 Å². The van der Waals surface area contributed by atoms with Crippen molar-refractivity contribution in [2.45, 2.75) is 45.6 Å². The van der Waals surface area contributed by atoms with Crippen molar-refractivity contribution in [1.82, 2.24) is 19.7 Å². The Morgan fingerprint density at radius 3 is 2.84 bits per heavy atom. The Kier molecular flexibility index (Phi) is 4.34. The lowest BCUT2D eigenvalue weighted by Crippen LogP contribution is -2.25. The Morgan fingerprint density at radius 2 is 2.08 bits per heavy atom. The number of aromatic nitrogens is 3. The third-order valence-corrected chi connectivity index (χ3v) is 5.44. The van der Waals surface area contributed by atoms with Crippen LogP contribution in [-0.2, 0) is 13.5 Å². The van der Waals surface area contributed by atoms with Crippen LogP contribution in [0, 0.1) is 13.8 Å². The third-order valence-electron chi connectivity index (χ3n) is 5.44. The van der Waals surface area contributed by atoms with Crippen molar-refractivity contribution in [3.8, 4) is 0 Å². The zero-order chi connectivity index (χ0) is 17.4. The molecule has 3 heterocycles. The molecule has 1 saturated heterocycles. The summed E-state index contributed by atoms with van der Waals surface area (Å²) in [6.07, 6.45) is 4.46. The van der Waals surface area contributed by atoms with Gasteiger partial charge in [-0.25, -0.2) is 4.98 Å². The second-order valence-electron chi connectivity index (χ2n) is 7.08. The number of hydrogen-bond acceptors (Lipinski definition) is 4. The number of hydrogen-bond donors (Lipinski definition) is 0. The number of benzene rings is 1. The lowest BCUT2D eigenvalue weighted by atomic mass is 10.0. The number of likely N-dealkylation sites (tertiary alicyclic amines) is 1. The molecule has 1 aromatic carbocycles. The maximum Gasteiger partial charge on any atom is 0.195 e. The maximum absolute atomic E-state index is 5.84. The van der Waals surface area contributed by atoms with E-state index in [1.165, 1.54) is 36.3 Å². The van der Waals surface area contributed by atoms with Gasteiger partial charge < -0.3 is 4.42 Å². The van der Waals surface area contributed by atoms with Gasteiger partial charge in [0.05, 0.1) is 5.69 Å². The van der Waals surface area contributed by atoms with Crippen molar-refractivity contribution in [3.05, 3.63) is 47.1 Å². The molecule has 1 fully saturated rings. The number of nitrogens with zero attached hydrogens (tertiary/aromatic N) is 4. The summed E-state index contributed by atoms with van der Waals surface area (Å²) in [6.45, 7) is 6.57. The monoisotopic (exact) mass is 338 g/mol. The topological polar surface area (TPSA) is 47.1 Å². The van der Waals surface area contributed by atoms with Crippen LogP contribution < -0.4 is 0 Å². The van der Waals surface area contributed by atoms with Crippen LogP contribution in [0.2, 0.25) is 0 Å². The molecule has 4 rings (SSSR count). The fourth-order valence-corrected chi connectivity index (χ4v) is 4.15. The van der Waals surface area contributed by atoms with Gasteiger partial charge in [-0.15, -0.1) is 0 Å². The van der Waals surface area contributed by atoms with Crippen molar-refractivity contribution in [3.63, 3.8) is 0 Å². The first-order valence-electron chi connectivity index (χ1n) is 9.22. The molecule has 25 heavy (non-hydrogen) atoms. The van der Waals surface area contributed by atoms with Crippen molar-refractivity contribution in [1.29, 1.82) is 0 Å². The van der Waals surface area contributed by atoms with Gasteiger partial charge >= 0.3 is 0 Å². The molecule has 132 valence electrons. The van der Waals surface area contributed by atoms with Crippen molar-refractivity contribution in [2.75, 3.05) is 13.1 Å². The number of aryl methyl sites for hydroxylation is 3. The predicted octanol–water partition coefficient (Wildman–Crippen LogP) is 3.95. The molecule has 0 radical (unpaired) electrons. The molecule has 1 aliphatic heterocycles. The number of rotatable bonds is 5. The van der Waals surface area contributed by atoms with Gasteiger partial charge in [0.25, 0.3) is 0 Å². The molecule has 1 aliphatic rings. The van der Waals surface area contributed by atoms with E-state index in [2.05, 4.69) is 28.8 Å². The molecule has 0 spiro atoms. The summed E-state index contributed by atoms with van der Waals surface area (Å²) in [7, 11) is 2.04. The van der Waals surface area contributed by atoms with Crippen LogP contribution in [0.5, 0.6) is 0 Å². The van der Waals surface area contributed by atoms with Gasteiger partial charge in [0.15, 0.2) is 11.5 Å². The standard InChI is InChI=1S/C20H26N4O/c1-14-20(15(2)23(3)22-14)17-9-6-12-24(17)13-7-11-19-21-16-8-4-5-10-18(16)25-19/h4-5,8,10,17H,6-7,9,11-13H2,1-3H3/t17-/m0/s1. The fraction of sp³-hybridized carbons (Fsp3) is 0.500. The quantitative estimate of drug-likeness (QED) is 0.707. The molecule has 0 unspecified atom stereocenters. The Bertz CT molecular complexity index is 846. The summed E-state index contributed by atoms with van der Waals surface area (Å²) in [4.78, 5) is 7.20. The van der Waals surface area contributed by atoms with E-state index in [-0.39, 0.29) is 0 Å². The molecule has 2 aromatic heterocycles. The fourth-order valence-electron chi connectivity index (χ4n) is 4.15. The minimum absolute atomic E-state index is 0.511. The Labute approximate surface area is 148 Å². The Balaban J connectivity index is 1.41. The second-order valence-corrected chi connectivity index (χ2v) is 7.08. The van der Waals surface area contributed by atoms with Gasteiger partial charge in [0, 0.05) is 30.8 Å². The Morgan fingerprint density at radius 1 is 1.24 bits per heavy atom. The first-order chi connectivity index (χ1) is 12.1. The van der Waals surface area contributed by atoms with Gasteiger partial charge in [-0.3, -0.25) is 9.58 Å². The molecule has 3 aromatic rings. The van der Waals surface area contributed by atoms with Gasteiger partial charge in [-0.2, -0.15) is 5.10 Å². The lowest BCUT2D eigenvalue weighted by Gasteiger charge is -2.24.